The van der Waals surface area contributed by atoms with Crippen LogP contribution < -0.4 is 29.1 Å². The lowest BCUT2D eigenvalue weighted by Gasteiger charge is -2.15. The number of ether oxygens (including phenoxy) is 5. The van der Waals surface area contributed by atoms with Crippen molar-refractivity contribution in [3.8, 4) is 28.7 Å². The van der Waals surface area contributed by atoms with Crippen LogP contribution in [0.4, 0.5) is 0 Å². The van der Waals surface area contributed by atoms with Crippen molar-refractivity contribution in [1.29, 1.82) is 0 Å². The standard InChI is InChI=1S/C18H18O7/c1-20-9-6-7-10(21-2)16-13(9)15(19)14-11(22-3)8-12(23-4)17(24-5)18(14)25-16/h6-8H,1-5H3. The molecule has 1 heterocycles. The van der Waals surface area contributed by atoms with E-state index in [0.29, 0.717) is 28.7 Å². The Kier molecular flexibility index (Phi) is 4.31. The molecule has 3 rings (SSSR count). The molecule has 0 aliphatic heterocycles. The Morgan fingerprint density at radius 2 is 1.24 bits per heavy atom. The van der Waals surface area contributed by atoms with Crippen molar-refractivity contribution in [1.82, 2.24) is 0 Å². The van der Waals surface area contributed by atoms with E-state index in [1.165, 1.54) is 35.5 Å². The summed E-state index contributed by atoms with van der Waals surface area (Å²) in [5, 5.41) is 0.499. The first-order valence-corrected chi connectivity index (χ1v) is 7.41. The Balaban J connectivity index is 2.64. The van der Waals surface area contributed by atoms with Gasteiger partial charge in [0.1, 0.15) is 22.3 Å². The predicted octanol–water partition coefficient (Wildman–Crippen LogP) is 2.99. The Bertz CT molecular complexity index is 1000. The molecule has 7 nitrogen and oxygen atoms in total. The SMILES string of the molecule is COc1cc(OC)c2c(=O)c3c(OC)ccc(OC)c3oc2c1OC. The summed E-state index contributed by atoms with van der Waals surface area (Å²) < 4.78 is 32.7. The average Bonchev–Trinajstić information content (AvgIpc) is 2.65. The fraction of sp³-hybridized carbons (Fsp3) is 0.278. The number of methoxy groups -OCH3 is 5. The minimum Gasteiger partial charge on any atom is -0.496 e. The van der Waals surface area contributed by atoms with Crippen LogP contribution in [-0.4, -0.2) is 35.5 Å². The number of fused-ring (bicyclic) bond motifs is 2. The van der Waals surface area contributed by atoms with Crippen molar-refractivity contribution >= 4 is 21.9 Å². The molecule has 0 saturated heterocycles. The zero-order valence-electron chi connectivity index (χ0n) is 14.6. The Morgan fingerprint density at radius 1 is 0.680 bits per heavy atom. The summed E-state index contributed by atoms with van der Waals surface area (Å²) in [6.45, 7) is 0. The van der Waals surface area contributed by atoms with Crippen LogP contribution in [0.1, 0.15) is 0 Å². The summed E-state index contributed by atoms with van der Waals surface area (Å²) in [6.07, 6.45) is 0. The first kappa shape index (κ1) is 16.8. The largest absolute Gasteiger partial charge is 0.496 e. The fourth-order valence-corrected chi connectivity index (χ4v) is 2.83. The zero-order chi connectivity index (χ0) is 18.1. The Labute approximate surface area is 143 Å². The summed E-state index contributed by atoms with van der Waals surface area (Å²) >= 11 is 0. The predicted molar refractivity (Wildman–Crippen MR) is 92.8 cm³/mol. The summed E-state index contributed by atoms with van der Waals surface area (Å²) in [7, 11) is 7.40. The van der Waals surface area contributed by atoms with Gasteiger partial charge in [0.25, 0.3) is 0 Å². The molecule has 3 aromatic rings. The van der Waals surface area contributed by atoms with Gasteiger partial charge in [-0.25, -0.2) is 0 Å². The second-order valence-electron chi connectivity index (χ2n) is 5.12. The molecular formula is C18H18O7. The van der Waals surface area contributed by atoms with Gasteiger partial charge in [-0.3, -0.25) is 4.79 Å². The lowest BCUT2D eigenvalue weighted by Crippen LogP contribution is -2.08. The molecular weight excluding hydrogens is 328 g/mol. The van der Waals surface area contributed by atoms with Crippen molar-refractivity contribution in [2.45, 2.75) is 0 Å². The average molecular weight is 346 g/mol. The molecule has 1 aromatic heterocycles. The van der Waals surface area contributed by atoms with Gasteiger partial charge in [0.2, 0.25) is 11.2 Å². The van der Waals surface area contributed by atoms with Crippen molar-refractivity contribution in [3.63, 3.8) is 0 Å². The maximum atomic E-state index is 13.2. The van der Waals surface area contributed by atoms with Crippen molar-refractivity contribution in [3.05, 3.63) is 28.4 Å². The van der Waals surface area contributed by atoms with Gasteiger partial charge >= 0.3 is 0 Å². The molecule has 132 valence electrons. The van der Waals surface area contributed by atoms with Gasteiger partial charge in [-0.2, -0.15) is 0 Å². The van der Waals surface area contributed by atoms with Crippen molar-refractivity contribution in [2.24, 2.45) is 0 Å². The van der Waals surface area contributed by atoms with Crippen LogP contribution in [0.3, 0.4) is 0 Å². The highest BCUT2D eigenvalue weighted by Gasteiger charge is 2.24. The molecule has 0 amide bonds. The fourth-order valence-electron chi connectivity index (χ4n) is 2.83. The van der Waals surface area contributed by atoms with Crippen LogP contribution in [-0.2, 0) is 0 Å². The quantitative estimate of drug-likeness (QED) is 0.657. The van der Waals surface area contributed by atoms with E-state index >= 15 is 0 Å². The van der Waals surface area contributed by atoms with E-state index in [2.05, 4.69) is 0 Å². The molecule has 0 spiro atoms. The highest BCUT2D eigenvalue weighted by molar-refractivity contribution is 6.01. The molecule has 0 bridgehead atoms. The van der Waals surface area contributed by atoms with E-state index in [-0.39, 0.29) is 27.4 Å². The van der Waals surface area contributed by atoms with Crippen LogP contribution >= 0.6 is 0 Å². The van der Waals surface area contributed by atoms with Crippen molar-refractivity contribution < 1.29 is 28.1 Å². The van der Waals surface area contributed by atoms with Crippen LogP contribution in [0.5, 0.6) is 28.7 Å². The maximum absolute atomic E-state index is 13.2. The van der Waals surface area contributed by atoms with Gasteiger partial charge in [0.15, 0.2) is 22.7 Å². The highest BCUT2D eigenvalue weighted by atomic mass is 16.5. The summed E-state index contributed by atoms with van der Waals surface area (Å²) in [5.74, 6) is 1.77. The van der Waals surface area contributed by atoms with Crippen LogP contribution in [0.2, 0.25) is 0 Å². The van der Waals surface area contributed by atoms with Gasteiger partial charge in [0, 0.05) is 6.07 Å². The number of rotatable bonds is 5. The first-order chi connectivity index (χ1) is 12.1. The molecule has 0 unspecified atom stereocenters. The third kappa shape index (κ3) is 2.39. The van der Waals surface area contributed by atoms with E-state index < -0.39 is 0 Å². The lowest BCUT2D eigenvalue weighted by molar-refractivity contribution is 0.348. The normalized spacial score (nSPS) is 10.8. The minimum absolute atomic E-state index is 0.211. The molecule has 0 atom stereocenters. The topological polar surface area (TPSA) is 76.4 Å². The van der Waals surface area contributed by atoms with E-state index in [1.54, 1.807) is 18.2 Å². The van der Waals surface area contributed by atoms with E-state index in [0.717, 1.165) is 0 Å². The van der Waals surface area contributed by atoms with Crippen LogP contribution in [0.25, 0.3) is 21.9 Å². The molecule has 0 aliphatic carbocycles. The van der Waals surface area contributed by atoms with E-state index in [9.17, 15) is 4.79 Å². The number of hydrogen-bond acceptors (Lipinski definition) is 7. The monoisotopic (exact) mass is 346 g/mol. The number of benzene rings is 2. The van der Waals surface area contributed by atoms with Gasteiger partial charge in [-0.05, 0) is 12.1 Å². The molecule has 2 aromatic carbocycles. The third-order valence-corrected chi connectivity index (χ3v) is 3.99. The highest BCUT2D eigenvalue weighted by Crippen LogP contribution is 2.43. The molecule has 0 N–H and O–H groups in total. The Hall–Kier alpha value is -3.09. The summed E-state index contributed by atoms with van der Waals surface area (Å²) in [4.78, 5) is 13.2. The molecule has 0 fully saturated rings. The van der Waals surface area contributed by atoms with E-state index in [4.69, 9.17) is 28.1 Å². The second kappa shape index (κ2) is 6.43. The molecule has 7 heteroatoms. The first-order valence-electron chi connectivity index (χ1n) is 7.41. The molecule has 0 saturated carbocycles. The van der Waals surface area contributed by atoms with E-state index in [1.807, 2.05) is 0 Å². The minimum atomic E-state index is -0.315. The Morgan fingerprint density at radius 3 is 1.80 bits per heavy atom. The lowest BCUT2D eigenvalue weighted by atomic mass is 10.1. The second-order valence-corrected chi connectivity index (χ2v) is 5.12. The molecule has 25 heavy (non-hydrogen) atoms. The van der Waals surface area contributed by atoms with Gasteiger partial charge in [0.05, 0.1) is 35.5 Å². The summed E-state index contributed by atoms with van der Waals surface area (Å²) in [6, 6.07) is 4.90. The third-order valence-electron chi connectivity index (χ3n) is 3.99. The van der Waals surface area contributed by atoms with Gasteiger partial charge in [-0.15, -0.1) is 0 Å². The smallest absolute Gasteiger partial charge is 0.208 e. The van der Waals surface area contributed by atoms with Gasteiger partial charge in [-0.1, -0.05) is 0 Å². The van der Waals surface area contributed by atoms with Crippen LogP contribution in [0, 0.1) is 0 Å². The van der Waals surface area contributed by atoms with Gasteiger partial charge < -0.3 is 28.1 Å². The summed E-state index contributed by atoms with van der Waals surface area (Å²) in [5.41, 5.74) is 0.153. The maximum Gasteiger partial charge on any atom is 0.208 e. The molecule has 0 aliphatic rings. The van der Waals surface area contributed by atoms with Crippen molar-refractivity contribution in [2.75, 3.05) is 35.5 Å². The molecule has 0 radical (unpaired) electrons. The zero-order valence-corrected chi connectivity index (χ0v) is 14.6. The number of hydrogen-bond donors (Lipinski definition) is 0. The van der Waals surface area contributed by atoms with Crippen LogP contribution in [0.15, 0.2) is 27.4 Å².